The Morgan fingerprint density at radius 1 is 1.00 bits per heavy atom. The van der Waals surface area contributed by atoms with E-state index in [1.54, 1.807) is 0 Å². The first-order valence-electron chi connectivity index (χ1n) is 6.54. The van der Waals surface area contributed by atoms with Crippen LogP contribution in [0.15, 0.2) is 0 Å². The van der Waals surface area contributed by atoms with Crippen LogP contribution in [-0.4, -0.2) is 24.6 Å². The van der Waals surface area contributed by atoms with Gasteiger partial charge in [0.1, 0.15) is 0 Å². The summed E-state index contributed by atoms with van der Waals surface area (Å²) in [6.45, 7) is 6.98. The highest BCUT2D eigenvalue weighted by atomic mass is 32.2. The van der Waals surface area contributed by atoms with Crippen molar-refractivity contribution in [2.75, 3.05) is 19.3 Å². The van der Waals surface area contributed by atoms with Crippen LogP contribution < -0.4 is 5.32 Å². The molecule has 0 aromatic rings. The molecule has 1 unspecified atom stereocenters. The van der Waals surface area contributed by atoms with Crippen molar-refractivity contribution in [2.45, 2.75) is 64.0 Å². The van der Waals surface area contributed by atoms with E-state index in [1.807, 2.05) is 11.8 Å². The van der Waals surface area contributed by atoms with Gasteiger partial charge in [0.05, 0.1) is 0 Å². The van der Waals surface area contributed by atoms with Crippen molar-refractivity contribution in [3.8, 4) is 0 Å². The molecule has 0 saturated carbocycles. The molecule has 0 aliphatic carbocycles. The molecule has 0 amide bonds. The van der Waals surface area contributed by atoms with Crippen molar-refractivity contribution in [2.24, 2.45) is 0 Å². The van der Waals surface area contributed by atoms with Gasteiger partial charge in [-0.3, -0.25) is 0 Å². The second-order valence-corrected chi connectivity index (χ2v) is 5.63. The Hall–Kier alpha value is 0.310. The van der Waals surface area contributed by atoms with Gasteiger partial charge in [0, 0.05) is 5.25 Å². The molecule has 0 spiro atoms. The minimum atomic E-state index is 0.807. The van der Waals surface area contributed by atoms with Gasteiger partial charge in [-0.1, -0.05) is 46.0 Å². The fourth-order valence-electron chi connectivity index (χ4n) is 1.58. The van der Waals surface area contributed by atoms with E-state index in [0.29, 0.717) is 0 Å². The van der Waals surface area contributed by atoms with Crippen molar-refractivity contribution in [1.29, 1.82) is 0 Å². The minimum absolute atomic E-state index is 0.807. The molecule has 0 bridgehead atoms. The first kappa shape index (κ1) is 15.3. The Labute approximate surface area is 101 Å². The maximum absolute atomic E-state index is 3.53. The van der Waals surface area contributed by atoms with Crippen LogP contribution in [0.3, 0.4) is 0 Å². The average molecular weight is 231 g/mol. The topological polar surface area (TPSA) is 12.0 Å². The summed E-state index contributed by atoms with van der Waals surface area (Å²) < 4.78 is 0. The molecule has 0 aromatic heterocycles. The first-order valence-corrected chi connectivity index (χ1v) is 7.83. The summed E-state index contributed by atoms with van der Waals surface area (Å²) in [7, 11) is 0. The molecule has 0 aliphatic heterocycles. The molecule has 1 atom stereocenters. The Kier molecular flexibility index (Phi) is 12.6. The van der Waals surface area contributed by atoms with Gasteiger partial charge < -0.3 is 5.32 Å². The highest BCUT2D eigenvalue weighted by Gasteiger charge is 1.97. The number of hydrogen-bond donors (Lipinski definition) is 1. The van der Waals surface area contributed by atoms with Gasteiger partial charge in [0.25, 0.3) is 0 Å². The molecule has 0 aromatic carbocycles. The summed E-state index contributed by atoms with van der Waals surface area (Å²) in [6, 6.07) is 0. The second kappa shape index (κ2) is 12.4. The number of unbranched alkanes of at least 4 members (excludes halogenated alkanes) is 5. The largest absolute Gasteiger partial charge is 0.317 e. The highest BCUT2D eigenvalue weighted by Crippen LogP contribution is 2.08. The Bertz CT molecular complexity index is 117. The van der Waals surface area contributed by atoms with Crippen LogP contribution in [0.2, 0.25) is 0 Å². The zero-order chi connectivity index (χ0) is 11.4. The third kappa shape index (κ3) is 12.2. The second-order valence-electron chi connectivity index (χ2n) is 4.35. The monoisotopic (exact) mass is 231 g/mol. The van der Waals surface area contributed by atoms with Crippen molar-refractivity contribution in [3.63, 3.8) is 0 Å². The molecule has 0 aliphatic rings. The third-order valence-electron chi connectivity index (χ3n) is 2.84. The van der Waals surface area contributed by atoms with Crippen LogP contribution in [0.4, 0.5) is 0 Å². The molecule has 15 heavy (non-hydrogen) atoms. The summed E-state index contributed by atoms with van der Waals surface area (Å²) in [5.41, 5.74) is 0. The standard InChI is InChI=1S/C13H29NS/c1-4-5-6-7-8-9-11-14-12-10-13(2)15-3/h13-14H,4-12H2,1-3H3. The van der Waals surface area contributed by atoms with E-state index in [0.717, 1.165) is 5.25 Å². The van der Waals surface area contributed by atoms with E-state index in [4.69, 9.17) is 0 Å². The van der Waals surface area contributed by atoms with Gasteiger partial charge >= 0.3 is 0 Å². The zero-order valence-electron chi connectivity index (χ0n) is 10.8. The predicted octanol–water partition coefficient (Wildman–Crippen LogP) is 4.08. The fraction of sp³-hybridized carbons (Fsp3) is 1.00. The van der Waals surface area contributed by atoms with Crippen LogP contribution in [0.25, 0.3) is 0 Å². The smallest absolute Gasteiger partial charge is 0.00280 e. The van der Waals surface area contributed by atoms with E-state index >= 15 is 0 Å². The normalized spacial score (nSPS) is 13.0. The predicted molar refractivity (Wildman–Crippen MR) is 73.8 cm³/mol. The van der Waals surface area contributed by atoms with Gasteiger partial charge in [-0.2, -0.15) is 11.8 Å². The number of rotatable bonds is 11. The van der Waals surface area contributed by atoms with Crippen molar-refractivity contribution >= 4 is 11.8 Å². The minimum Gasteiger partial charge on any atom is -0.317 e. The molecule has 0 heterocycles. The van der Waals surface area contributed by atoms with E-state index in [-0.39, 0.29) is 0 Å². The van der Waals surface area contributed by atoms with E-state index in [2.05, 4.69) is 25.4 Å². The van der Waals surface area contributed by atoms with Crippen LogP contribution >= 0.6 is 11.8 Å². The summed E-state index contributed by atoms with van der Waals surface area (Å²) >= 11 is 1.96. The molecule has 0 rings (SSSR count). The van der Waals surface area contributed by atoms with Gasteiger partial charge in [0.15, 0.2) is 0 Å². The van der Waals surface area contributed by atoms with Gasteiger partial charge in [-0.15, -0.1) is 0 Å². The lowest BCUT2D eigenvalue weighted by atomic mass is 10.1. The van der Waals surface area contributed by atoms with E-state index < -0.39 is 0 Å². The van der Waals surface area contributed by atoms with E-state index in [9.17, 15) is 0 Å². The van der Waals surface area contributed by atoms with Gasteiger partial charge in [-0.25, -0.2) is 0 Å². The zero-order valence-corrected chi connectivity index (χ0v) is 11.7. The average Bonchev–Trinajstić information content (AvgIpc) is 2.26. The molecule has 92 valence electrons. The molecule has 0 radical (unpaired) electrons. The lowest BCUT2D eigenvalue weighted by Gasteiger charge is -2.08. The molecule has 0 saturated heterocycles. The van der Waals surface area contributed by atoms with Crippen LogP contribution in [-0.2, 0) is 0 Å². The van der Waals surface area contributed by atoms with Crippen molar-refractivity contribution < 1.29 is 0 Å². The number of hydrogen-bond acceptors (Lipinski definition) is 2. The quantitative estimate of drug-likeness (QED) is 0.538. The van der Waals surface area contributed by atoms with Gasteiger partial charge in [-0.05, 0) is 32.2 Å². The fourth-order valence-corrected chi connectivity index (χ4v) is 1.93. The Morgan fingerprint density at radius 3 is 2.33 bits per heavy atom. The SMILES string of the molecule is CCCCCCCCNCCC(C)SC. The molecule has 1 N–H and O–H groups in total. The summed E-state index contributed by atoms with van der Waals surface area (Å²) in [6.07, 6.45) is 11.9. The summed E-state index contributed by atoms with van der Waals surface area (Å²) in [5, 5.41) is 4.34. The Balaban J connectivity index is 2.92. The molecule has 0 fully saturated rings. The lowest BCUT2D eigenvalue weighted by Crippen LogP contribution is -2.19. The number of nitrogens with one attached hydrogen (secondary N) is 1. The molecule has 2 heteroatoms. The van der Waals surface area contributed by atoms with Crippen molar-refractivity contribution in [3.05, 3.63) is 0 Å². The first-order chi connectivity index (χ1) is 7.31. The molecule has 1 nitrogen and oxygen atoms in total. The number of thioether (sulfide) groups is 1. The van der Waals surface area contributed by atoms with Crippen LogP contribution in [0.1, 0.15) is 58.8 Å². The lowest BCUT2D eigenvalue weighted by molar-refractivity contribution is 0.565. The van der Waals surface area contributed by atoms with E-state index in [1.165, 1.54) is 58.0 Å². The van der Waals surface area contributed by atoms with Crippen molar-refractivity contribution in [1.82, 2.24) is 5.32 Å². The van der Waals surface area contributed by atoms with Crippen LogP contribution in [0.5, 0.6) is 0 Å². The molecular weight excluding hydrogens is 202 g/mol. The maximum atomic E-state index is 3.53. The molecular formula is C13H29NS. The highest BCUT2D eigenvalue weighted by molar-refractivity contribution is 7.99. The van der Waals surface area contributed by atoms with Crippen LogP contribution in [0, 0.1) is 0 Å². The van der Waals surface area contributed by atoms with Gasteiger partial charge in [0.2, 0.25) is 0 Å². The third-order valence-corrected chi connectivity index (χ3v) is 3.88. The summed E-state index contributed by atoms with van der Waals surface area (Å²) in [4.78, 5) is 0. The summed E-state index contributed by atoms with van der Waals surface area (Å²) in [5.74, 6) is 0. The Morgan fingerprint density at radius 2 is 1.67 bits per heavy atom. The maximum Gasteiger partial charge on any atom is 0.00280 e.